The van der Waals surface area contributed by atoms with E-state index in [2.05, 4.69) is 0 Å². The molecule has 86 valence electrons. The fourth-order valence-corrected chi connectivity index (χ4v) is 1.42. The number of carboxylic acids is 1. The van der Waals surface area contributed by atoms with Crippen molar-refractivity contribution in [1.82, 2.24) is 0 Å². The molecule has 0 aromatic heterocycles. The van der Waals surface area contributed by atoms with Crippen molar-refractivity contribution in [2.45, 2.75) is 13.3 Å². The van der Waals surface area contributed by atoms with Crippen LogP contribution in [-0.4, -0.2) is 23.3 Å². The summed E-state index contributed by atoms with van der Waals surface area (Å²) in [4.78, 5) is 10.6. The summed E-state index contributed by atoms with van der Waals surface area (Å²) in [7, 11) is 1.45. The highest BCUT2D eigenvalue weighted by Gasteiger charge is 2.06. The Bertz CT molecular complexity index is 421. The number of hydrogen-bond donors (Lipinski definition) is 2. The maximum absolute atomic E-state index is 10.6. The molecule has 4 heteroatoms. The number of allylic oxidation sites excluding steroid dienone is 1. The molecule has 0 aliphatic heterocycles. The zero-order chi connectivity index (χ0) is 12.1. The van der Waals surface area contributed by atoms with Crippen molar-refractivity contribution < 1.29 is 19.7 Å². The van der Waals surface area contributed by atoms with Gasteiger partial charge in [0.25, 0.3) is 0 Å². The fourth-order valence-electron chi connectivity index (χ4n) is 1.42. The van der Waals surface area contributed by atoms with Gasteiger partial charge in [0.2, 0.25) is 0 Å². The van der Waals surface area contributed by atoms with Gasteiger partial charge >= 0.3 is 5.97 Å². The first kappa shape index (κ1) is 12.1. The molecular formula is C12H14O4. The van der Waals surface area contributed by atoms with Crippen molar-refractivity contribution in [3.05, 3.63) is 29.8 Å². The minimum absolute atomic E-state index is 0.0389. The first-order chi connectivity index (χ1) is 7.58. The van der Waals surface area contributed by atoms with E-state index in [1.807, 2.05) is 6.92 Å². The summed E-state index contributed by atoms with van der Waals surface area (Å²) < 4.78 is 4.96. The lowest BCUT2D eigenvalue weighted by molar-refractivity contribution is -0.131. The zero-order valence-electron chi connectivity index (χ0n) is 9.23. The van der Waals surface area contributed by atoms with Crippen LogP contribution in [0.25, 0.3) is 5.57 Å². The first-order valence-electron chi connectivity index (χ1n) is 4.89. The van der Waals surface area contributed by atoms with E-state index in [1.165, 1.54) is 13.2 Å². The van der Waals surface area contributed by atoms with Crippen LogP contribution in [0.3, 0.4) is 0 Å². The van der Waals surface area contributed by atoms with Gasteiger partial charge < -0.3 is 14.9 Å². The molecular weight excluding hydrogens is 208 g/mol. The number of carbonyl (C=O) groups is 1. The summed E-state index contributed by atoms with van der Waals surface area (Å²) in [6, 6.07) is 4.77. The maximum Gasteiger partial charge on any atom is 0.328 e. The summed E-state index contributed by atoms with van der Waals surface area (Å²) in [5.41, 5.74) is 1.42. The number of carboxylic acid groups (broad SMARTS) is 1. The van der Waals surface area contributed by atoms with Gasteiger partial charge in [0, 0.05) is 6.08 Å². The molecule has 0 heterocycles. The van der Waals surface area contributed by atoms with Crippen LogP contribution in [0, 0.1) is 0 Å². The second-order valence-corrected chi connectivity index (χ2v) is 3.25. The van der Waals surface area contributed by atoms with Crippen LogP contribution in [0.15, 0.2) is 24.3 Å². The number of methoxy groups -OCH3 is 1. The van der Waals surface area contributed by atoms with Gasteiger partial charge in [-0.25, -0.2) is 4.79 Å². The van der Waals surface area contributed by atoms with Crippen molar-refractivity contribution in [2.75, 3.05) is 7.11 Å². The Labute approximate surface area is 93.8 Å². The molecule has 0 atom stereocenters. The number of aliphatic carboxylic acids is 1. The Morgan fingerprint density at radius 1 is 1.50 bits per heavy atom. The minimum Gasteiger partial charge on any atom is -0.504 e. The van der Waals surface area contributed by atoms with E-state index in [0.29, 0.717) is 17.7 Å². The van der Waals surface area contributed by atoms with Crippen LogP contribution in [-0.2, 0) is 4.79 Å². The highest BCUT2D eigenvalue weighted by molar-refractivity contribution is 5.90. The molecule has 0 radical (unpaired) electrons. The second kappa shape index (κ2) is 5.21. The van der Waals surface area contributed by atoms with Gasteiger partial charge in [-0.1, -0.05) is 13.0 Å². The Morgan fingerprint density at radius 2 is 2.19 bits per heavy atom. The molecule has 0 fully saturated rings. The van der Waals surface area contributed by atoms with E-state index in [0.717, 1.165) is 11.6 Å². The molecule has 1 rings (SSSR count). The van der Waals surface area contributed by atoms with Crippen molar-refractivity contribution >= 4 is 11.5 Å². The molecule has 0 saturated heterocycles. The van der Waals surface area contributed by atoms with Gasteiger partial charge in [-0.05, 0) is 29.7 Å². The van der Waals surface area contributed by atoms with Gasteiger partial charge in [-0.15, -0.1) is 0 Å². The number of phenols is 1. The first-order valence-corrected chi connectivity index (χ1v) is 4.89. The molecule has 0 saturated carbocycles. The second-order valence-electron chi connectivity index (χ2n) is 3.25. The quantitative estimate of drug-likeness (QED) is 0.767. The van der Waals surface area contributed by atoms with Crippen LogP contribution >= 0.6 is 0 Å². The highest BCUT2D eigenvalue weighted by Crippen LogP contribution is 2.30. The van der Waals surface area contributed by atoms with Gasteiger partial charge in [-0.2, -0.15) is 0 Å². The van der Waals surface area contributed by atoms with Gasteiger partial charge in [0.05, 0.1) is 7.11 Å². The lowest BCUT2D eigenvalue weighted by Crippen LogP contribution is -1.93. The van der Waals surface area contributed by atoms with Crippen LogP contribution in [0.4, 0.5) is 0 Å². The maximum atomic E-state index is 10.6. The SMILES string of the molecule is CCC(=CC(=O)O)c1ccc(O)c(OC)c1. The van der Waals surface area contributed by atoms with Gasteiger partial charge in [0.1, 0.15) is 0 Å². The number of aromatic hydroxyl groups is 1. The van der Waals surface area contributed by atoms with Crippen LogP contribution in [0.2, 0.25) is 0 Å². The molecule has 4 nitrogen and oxygen atoms in total. The Balaban J connectivity index is 3.16. The summed E-state index contributed by atoms with van der Waals surface area (Å²) in [6.07, 6.45) is 1.76. The van der Waals surface area contributed by atoms with E-state index in [4.69, 9.17) is 9.84 Å². The monoisotopic (exact) mass is 222 g/mol. The average Bonchev–Trinajstić information content (AvgIpc) is 2.26. The minimum atomic E-state index is -0.983. The average molecular weight is 222 g/mol. The normalized spacial score (nSPS) is 11.2. The number of benzene rings is 1. The lowest BCUT2D eigenvalue weighted by Gasteiger charge is -2.08. The Morgan fingerprint density at radius 3 is 2.69 bits per heavy atom. The Hall–Kier alpha value is -1.97. The third kappa shape index (κ3) is 2.76. The predicted molar refractivity (Wildman–Crippen MR) is 60.6 cm³/mol. The molecule has 16 heavy (non-hydrogen) atoms. The smallest absolute Gasteiger partial charge is 0.328 e. The number of hydrogen-bond acceptors (Lipinski definition) is 3. The van der Waals surface area contributed by atoms with Gasteiger partial charge in [0.15, 0.2) is 11.5 Å². The van der Waals surface area contributed by atoms with E-state index >= 15 is 0 Å². The van der Waals surface area contributed by atoms with Crippen molar-refractivity contribution in [3.8, 4) is 11.5 Å². The topological polar surface area (TPSA) is 66.8 Å². The molecule has 0 aliphatic carbocycles. The molecule has 0 spiro atoms. The van der Waals surface area contributed by atoms with Crippen molar-refractivity contribution in [2.24, 2.45) is 0 Å². The van der Waals surface area contributed by atoms with Gasteiger partial charge in [-0.3, -0.25) is 0 Å². The van der Waals surface area contributed by atoms with Crippen LogP contribution in [0.1, 0.15) is 18.9 Å². The summed E-state index contributed by atoms with van der Waals surface area (Å²) in [6.45, 7) is 1.87. The largest absolute Gasteiger partial charge is 0.504 e. The molecule has 0 bridgehead atoms. The van der Waals surface area contributed by atoms with Crippen LogP contribution in [0.5, 0.6) is 11.5 Å². The molecule has 0 unspecified atom stereocenters. The standard InChI is InChI=1S/C12H14O4/c1-3-8(7-12(14)15)9-4-5-10(13)11(6-9)16-2/h4-7,13H,3H2,1-2H3,(H,14,15). The number of ether oxygens (including phenoxy) is 1. The molecule has 1 aromatic rings. The number of phenolic OH excluding ortho intramolecular Hbond substituents is 1. The van der Waals surface area contributed by atoms with E-state index < -0.39 is 5.97 Å². The molecule has 0 amide bonds. The highest BCUT2D eigenvalue weighted by atomic mass is 16.5. The molecule has 1 aromatic carbocycles. The summed E-state index contributed by atoms with van der Waals surface area (Å²) >= 11 is 0. The van der Waals surface area contributed by atoms with E-state index in [1.54, 1.807) is 12.1 Å². The van der Waals surface area contributed by atoms with E-state index in [9.17, 15) is 9.90 Å². The van der Waals surface area contributed by atoms with Crippen LogP contribution < -0.4 is 4.74 Å². The Kier molecular flexibility index (Phi) is 3.94. The molecule has 2 N–H and O–H groups in total. The third-order valence-corrected chi connectivity index (χ3v) is 2.23. The predicted octanol–water partition coefficient (Wildman–Crippen LogP) is 2.28. The lowest BCUT2D eigenvalue weighted by atomic mass is 10.0. The number of rotatable bonds is 4. The molecule has 0 aliphatic rings. The van der Waals surface area contributed by atoms with Crippen molar-refractivity contribution in [3.63, 3.8) is 0 Å². The van der Waals surface area contributed by atoms with Crippen molar-refractivity contribution in [1.29, 1.82) is 0 Å². The summed E-state index contributed by atoms with van der Waals surface area (Å²) in [5.74, 6) is -0.608. The summed E-state index contributed by atoms with van der Waals surface area (Å²) in [5, 5.41) is 18.1. The zero-order valence-corrected chi connectivity index (χ0v) is 9.23. The fraction of sp³-hybridized carbons (Fsp3) is 0.250. The van der Waals surface area contributed by atoms with E-state index in [-0.39, 0.29) is 5.75 Å². The third-order valence-electron chi connectivity index (χ3n) is 2.23.